The summed E-state index contributed by atoms with van der Waals surface area (Å²) in [7, 11) is 0. The van der Waals surface area contributed by atoms with E-state index in [1.807, 2.05) is 0 Å². The van der Waals surface area contributed by atoms with Gasteiger partial charge >= 0.3 is 0 Å². The number of nitrogens with one attached hydrogen (secondary N) is 1. The summed E-state index contributed by atoms with van der Waals surface area (Å²) < 4.78 is 12.3. The van der Waals surface area contributed by atoms with Gasteiger partial charge in [-0.15, -0.1) is 5.10 Å². The topological polar surface area (TPSA) is 88.9 Å². The summed E-state index contributed by atoms with van der Waals surface area (Å²) in [6, 6.07) is 5.67. The van der Waals surface area contributed by atoms with Crippen molar-refractivity contribution >= 4 is 93.2 Å². The lowest BCUT2D eigenvalue weighted by molar-refractivity contribution is -0.114. The molecule has 2 aromatic carbocycles. The first kappa shape index (κ1) is 27.7. The van der Waals surface area contributed by atoms with Gasteiger partial charge in [-0.05, 0) is 44.2 Å². The van der Waals surface area contributed by atoms with E-state index in [-0.39, 0.29) is 72.6 Å². The molecule has 0 radical (unpaired) electrons. The normalized spacial score (nSPS) is 14.5. The van der Waals surface area contributed by atoms with E-state index in [0.717, 1.165) is 9.69 Å². The predicted molar refractivity (Wildman–Crippen MR) is 149 cm³/mol. The van der Waals surface area contributed by atoms with Gasteiger partial charge in [0.25, 0.3) is 11.5 Å². The van der Waals surface area contributed by atoms with Crippen LogP contribution in [0.1, 0.15) is 19.4 Å². The van der Waals surface area contributed by atoms with E-state index in [4.69, 9.17) is 79.1 Å². The largest absolute Gasteiger partial charge is 0.478 e. The molecule has 14 heteroatoms. The molecule has 4 rings (SSSR count). The number of anilines is 1. The van der Waals surface area contributed by atoms with Crippen LogP contribution in [0.15, 0.2) is 39.7 Å². The predicted octanol–water partition coefficient (Wildman–Crippen LogP) is 7.26. The fourth-order valence-electron chi connectivity index (χ4n) is 3.46. The smallest absolute Gasteiger partial charge is 0.284 e. The van der Waals surface area contributed by atoms with Crippen molar-refractivity contribution in [3.8, 4) is 11.6 Å². The van der Waals surface area contributed by atoms with Crippen LogP contribution in [0.2, 0.25) is 30.1 Å². The molecule has 1 N–H and O–H groups in total. The highest BCUT2D eigenvalue weighted by Gasteiger charge is 2.35. The molecule has 0 fully saturated rings. The molecule has 8 nitrogen and oxygen atoms in total. The fraction of sp³-hybridized carbons (Fsp3) is 0.174. The summed E-state index contributed by atoms with van der Waals surface area (Å²) in [5.41, 5.74) is -0.290. The molecule has 1 aliphatic heterocycles. The molecular weight excluding hydrogens is 609 g/mol. The molecule has 0 saturated carbocycles. The van der Waals surface area contributed by atoms with Crippen LogP contribution in [0, 0.1) is 0 Å². The molecule has 0 saturated heterocycles. The van der Waals surface area contributed by atoms with E-state index >= 15 is 0 Å². The Morgan fingerprint density at radius 3 is 2.11 bits per heavy atom. The number of rotatable bonds is 6. The van der Waals surface area contributed by atoms with Crippen molar-refractivity contribution in [1.29, 1.82) is 0 Å². The molecule has 1 amide bonds. The molecule has 1 aliphatic rings. The van der Waals surface area contributed by atoms with Crippen LogP contribution in [0.5, 0.6) is 5.88 Å². The van der Waals surface area contributed by atoms with Gasteiger partial charge in [-0.3, -0.25) is 14.7 Å². The zero-order valence-electron chi connectivity index (χ0n) is 19.0. The van der Waals surface area contributed by atoms with E-state index in [9.17, 15) is 9.59 Å². The molecule has 0 bridgehead atoms. The maximum Gasteiger partial charge on any atom is 0.284 e. The monoisotopic (exact) mass is 622 g/mol. The Hall–Kier alpha value is -2.33. The Balaban J connectivity index is 1.87. The third kappa shape index (κ3) is 5.32. The molecule has 0 aliphatic carbocycles. The Bertz CT molecular complexity index is 1510. The minimum Gasteiger partial charge on any atom is -0.478 e. The second kappa shape index (κ2) is 11.2. The average Bonchev–Trinajstić information content (AvgIpc) is 3.28. The maximum atomic E-state index is 13.5. The molecule has 194 valence electrons. The number of hydrogen-bond acceptors (Lipinski definition) is 5. The Morgan fingerprint density at radius 1 is 0.865 bits per heavy atom. The molecule has 3 aromatic rings. The summed E-state index contributed by atoms with van der Waals surface area (Å²) >= 11 is 37.1. The number of carbonyl (C=O) groups excluding carboxylic acids is 1. The van der Waals surface area contributed by atoms with Gasteiger partial charge < -0.3 is 9.47 Å². The van der Waals surface area contributed by atoms with Gasteiger partial charge in [0.2, 0.25) is 11.8 Å². The Morgan fingerprint density at radius 2 is 1.49 bits per heavy atom. The summed E-state index contributed by atoms with van der Waals surface area (Å²) in [5, 5.41) is 9.15. The second-order valence-corrected chi connectivity index (χ2v) is 9.85. The molecule has 1 aromatic heterocycles. The van der Waals surface area contributed by atoms with Crippen molar-refractivity contribution in [2.75, 3.05) is 18.2 Å². The summed E-state index contributed by atoms with van der Waals surface area (Å²) in [5.74, 6) is -0.593. The van der Waals surface area contributed by atoms with E-state index < -0.39 is 11.5 Å². The minimum atomic E-state index is -0.624. The van der Waals surface area contributed by atoms with Crippen molar-refractivity contribution < 1.29 is 14.3 Å². The number of H-pyrrole nitrogens is 1. The number of hydrazone groups is 1. The van der Waals surface area contributed by atoms with Crippen LogP contribution in [0.4, 0.5) is 5.69 Å². The van der Waals surface area contributed by atoms with E-state index in [1.54, 1.807) is 13.8 Å². The van der Waals surface area contributed by atoms with E-state index in [0.29, 0.717) is 5.02 Å². The zero-order chi connectivity index (χ0) is 27.0. The van der Waals surface area contributed by atoms with Gasteiger partial charge in [0, 0.05) is 5.02 Å². The zero-order valence-corrected chi connectivity index (χ0v) is 23.6. The standard InChI is InChI=1S/C23H16Cl6N4O4/c1-3-36-20-11(22(34)32(30-20)18-9-14(26)13(25)8-15(18)27)7-12-21(37-4-2)31-33(23(12)35)19-16(28)5-10(24)6-17(19)29/h5-9,31H,3-4H2,1-2H3. The number of aromatic amines is 1. The van der Waals surface area contributed by atoms with E-state index in [2.05, 4.69) is 10.2 Å². The highest BCUT2D eigenvalue weighted by molar-refractivity contribution is 6.44. The first-order valence-corrected chi connectivity index (χ1v) is 12.9. The fourth-order valence-corrected chi connectivity index (χ4v) is 5.07. The third-order valence-corrected chi connectivity index (χ3v) is 6.84. The van der Waals surface area contributed by atoms with Crippen LogP contribution in [0.3, 0.4) is 0 Å². The van der Waals surface area contributed by atoms with Gasteiger partial charge in [-0.2, -0.15) is 5.01 Å². The van der Waals surface area contributed by atoms with Crippen LogP contribution in [0.25, 0.3) is 11.8 Å². The van der Waals surface area contributed by atoms with Crippen LogP contribution in [-0.4, -0.2) is 34.8 Å². The highest BCUT2D eigenvalue weighted by atomic mass is 35.5. The molecule has 0 spiro atoms. The highest BCUT2D eigenvalue weighted by Crippen LogP contribution is 2.38. The van der Waals surface area contributed by atoms with Crippen molar-refractivity contribution in [2.24, 2.45) is 5.10 Å². The van der Waals surface area contributed by atoms with Crippen LogP contribution < -0.4 is 15.3 Å². The maximum absolute atomic E-state index is 13.5. The lowest BCUT2D eigenvalue weighted by atomic mass is 10.1. The number of carbonyl (C=O) groups is 1. The number of aromatic nitrogens is 2. The number of nitrogens with zero attached hydrogens (tertiary/aromatic N) is 3. The number of benzene rings is 2. The first-order chi connectivity index (χ1) is 17.6. The lowest BCUT2D eigenvalue weighted by Gasteiger charge is -2.14. The molecule has 0 unspecified atom stereocenters. The molecular formula is C23H16Cl6N4O4. The van der Waals surface area contributed by atoms with Crippen molar-refractivity contribution in [3.63, 3.8) is 0 Å². The van der Waals surface area contributed by atoms with Crippen molar-refractivity contribution in [1.82, 2.24) is 9.78 Å². The van der Waals surface area contributed by atoms with Gasteiger partial charge in [-0.1, -0.05) is 69.6 Å². The lowest BCUT2D eigenvalue weighted by Crippen LogP contribution is -2.22. The Kier molecular flexibility index (Phi) is 8.38. The third-order valence-electron chi connectivity index (χ3n) is 5.02. The van der Waals surface area contributed by atoms with Gasteiger partial charge in [-0.25, -0.2) is 4.68 Å². The Labute approximate surface area is 240 Å². The first-order valence-electron chi connectivity index (χ1n) is 10.6. The van der Waals surface area contributed by atoms with Crippen LogP contribution >= 0.6 is 69.6 Å². The quantitative estimate of drug-likeness (QED) is 0.231. The SMILES string of the molecule is CCOC1=NN(c2cc(Cl)c(Cl)cc2Cl)C(=O)C1=Cc1c(OCC)[nH]n(-c2c(Cl)cc(Cl)cc2Cl)c1=O. The summed E-state index contributed by atoms with van der Waals surface area (Å²) in [4.78, 5) is 27.0. The number of ether oxygens (including phenoxy) is 2. The molecule has 37 heavy (non-hydrogen) atoms. The average molecular weight is 625 g/mol. The summed E-state index contributed by atoms with van der Waals surface area (Å²) in [6.45, 7) is 3.86. The summed E-state index contributed by atoms with van der Waals surface area (Å²) in [6.07, 6.45) is 1.31. The number of amides is 1. The second-order valence-electron chi connectivity index (χ2n) is 7.38. The van der Waals surface area contributed by atoms with Crippen molar-refractivity contribution in [2.45, 2.75) is 13.8 Å². The van der Waals surface area contributed by atoms with Crippen molar-refractivity contribution in [3.05, 3.63) is 75.9 Å². The van der Waals surface area contributed by atoms with Gasteiger partial charge in [0.1, 0.15) is 16.8 Å². The minimum absolute atomic E-state index is 0.00164. The van der Waals surface area contributed by atoms with E-state index in [1.165, 1.54) is 30.3 Å². The molecule has 2 heterocycles. The van der Waals surface area contributed by atoms with Gasteiger partial charge in [0.05, 0.1) is 44.0 Å². The van der Waals surface area contributed by atoms with Crippen LogP contribution in [-0.2, 0) is 9.53 Å². The molecule has 0 atom stereocenters. The number of hydrogen-bond donors (Lipinski definition) is 1. The number of halogens is 6. The van der Waals surface area contributed by atoms with Gasteiger partial charge in [0.15, 0.2) is 0 Å².